The normalized spacial score (nSPS) is 12.4. The molecule has 7 nitrogen and oxygen atoms in total. The second kappa shape index (κ2) is 12.2. The Morgan fingerprint density at radius 1 is 1.14 bits per heavy atom. The summed E-state index contributed by atoms with van der Waals surface area (Å²) in [7, 11) is 0. The van der Waals surface area contributed by atoms with Gasteiger partial charge in [-0.05, 0) is 68.1 Å². The van der Waals surface area contributed by atoms with Gasteiger partial charge in [-0.3, -0.25) is 4.79 Å². The first-order valence-corrected chi connectivity index (χ1v) is 12.4. The molecule has 1 atom stereocenters. The number of hydrogen-bond acceptors (Lipinski definition) is 6. The largest absolute Gasteiger partial charge is 0.508 e. The molecule has 0 unspecified atom stereocenters. The first kappa shape index (κ1) is 27.5. The van der Waals surface area contributed by atoms with Crippen LogP contribution in [0.5, 0.6) is 5.75 Å². The Balaban J connectivity index is 1.59. The minimum Gasteiger partial charge on any atom is -0.508 e. The Morgan fingerprint density at radius 3 is 2.56 bits per heavy atom. The molecule has 0 spiro atoms. The number of phenolic OH excluding ortho intramolecular Hbond substituents is 1. The number of phenols is 1. The van der Waals surface area contributed by atoms with Gasteiger partial charge in [0, 0.05) is 42.0 Å². The lowest BCUT2D eigenvalue weighted by Crippen LogP contribution is -2.43. The number of β-amino-alcohol motifs (C(OH)–C–C–N with tert-alkyl or cyclic N) is 1. The number of amides is 1. The third kappa shape index (κ3) is 8.22. The molecule has 1 amide bonds. The summed E-state index contributed by atoms with van der Waals surface area (Å²) in [4.78, 5) is 18.8. The van der Waals surface area contributed by atoms with Gasteiger partial charge in [-0.1, -0.05) is 41.9 Å². The lowest BCUT2D eigenvalue weighted by molar-refractivity contribution is -0.130. The monoisotopic (exact) mass is 510 g/mol. The van der Waals surface area contributed by atoms with E-state index in [1.165, 1.54) is 6.07 Å². The summed E-state index contributed by atoms with van der Waals surface area (Å²) in [6.07, 6.45) is 1.90. The molecule has 0 fully saturated rings. The fourth-order valence-corrected chi connectivity index (χ4v) is 4.39. The molecule has 192 valence electrons. The molecule has 5 N–H and O–H groups in total. The first-order chi connectivity index (χ1) is 17.0. The van der Waals surface area contributed by atoms with Crippen molar-refractivity contribution in [2.24, 2.45) is 0 Å². The van der Waals surface area contributed by atoms with Gasteiger partial charge in [0.25, 0.3) is 0 Å². The van der Waals surface area contributed by atoms with Crippen LogP contribution in [0.25, 0.3) is 0 Å². The number of aromatic nitrogens is 1. The number of nitrogens with one attached hydrogen (secondary N) is 1. The van der Waals surface area contributed by atoms with E-state index in [0.717, 1.165) is 23.1 Å². The fourth-order valence-electron chi connectivity index (χ4n) is 4.13. The molecule has 3 aromatic rings. The van der Waals surface area contributed by atoms with Crippen LogP contribution in [0.2, 0.25) is 5.02 Å². The molecule has 8 heteroatoms. The predicted octanol–water partition coefficient (Wildman–Crippen LogP) is 4.26. The van der Waals surface area contributed by atoms with Crippen LogP contribution in [0, 0.1) is 0 Å². The summed E-state index contributed by atoms with van der Waals surface area (Å²) in [5, 5.41) is 24.2. The quantitative estimate of drug-likeness (QED) is 0.307. The van der Waals surface area contributed by atoms with Crippen LogP contribution >= 0.6 is 11.6 Å². The van der Waals surface area contributed by atoms with Crippen molar-refractivity contribution in [2.45, 2.75) is 51.8 Å². The van der Waals surface area contributed by atoms with Crippen molar-refractivity contribution in [3.05, 3.63) is 88.1 Å². The van der Waals surface area contributed by atoms with Crippen LogP contribution in [-0.4, -0.2) is 44.6 Å². The Hall–Kier alpha value is -3.13. The average molecular weight is 511 g/mol. The molecule has 3 rings (SSSR count). The van der Waals surface area contributed by atoms with Gasteiger partial charge in [0.05, 0.1) is 12.5 Å². The van der Waals surface area contributed by atoms with Crippen molar-refractivity contribution < 1.29 is 15.0 Å². The summed E-state index contributed by atoms with van der Waals surface area (Å²) in [6, 6.07) is 16.3. The number of halogens is 1. The maximum absolute atomic E-state index is 13.0. The third-order valence-electron chi connectivity index (χ3n) is 6.01. The van der Waals surface area contributed by atoms with E-state index in [0.29, 0.717) is 36.0 Å². The summed E-state index contributed by atoms with van der Waals surface area (Å²) in [5.41, 5.74) is 8.87. The van der Waals surface area contributed by atoms with Crippen molar-refractivity contribution in [2.75, 3.05) is 18.8 Å². The zero-order valence-electron chi connectivity index (χ0n) is 21.0. The first-order valence-electron chi connectivity index (χ1n) is 12.0. The molecular weight excluding hydrogens is 476 g/mol. The minimum atomic E-state index is -0.692. The van der Waals surface area contributed by atoms with Gasteiger partial charge in [0.2, 0.25) is 5.91 Å². The molecule has 0 aliphatic carbocycles. The standard InChI is InChI=1S/C28H35ClN4O3/c1-4-33(18-21-11-23(29)14-24(34)12-21)27(36)13-19-6-5-7-20(10-19)15-28(2,3)32-17-25(35)22-8-9-26(30)31-16-22/h5-12,14,16,25,32,34-35H,4,13,15,17-18H2,1-3H3,(H2,30,31)/t25-/m1/s1. The molecular formula is C28H35ClN4O3. The number of likely N-dealkylation sites (N-methyl/N-ethyl adjacent to an activating group) is 1. The van der Waals surface area contributed by atoms with E-state index in [-0.39, 0.29) is 23.6 Å². The van der Waals surface area contributed by atoms with Gasteiger partial charge in [-0.15, -0.1) is 0 Å². The summed E-state index contributed by atoms with van der Waals surface area (Å²) < 4.78 is 0. The number of nitrogen functional groups attached to an aromatic ring is 1. The molecule has 0 aliphatic heterocycles. The summed E-state index contributed by atoms with van der Waals surface area (Å²) >= 11 is 6.04. The van der Waals surface area contributed by atoms with Gasteiger partial charge < -0.3 is 26.2 Å². The number of benzene rings is 2. The average Bonchev–Trinajstić information content (AvgIpc) is 2.81. The smallest absolute Gasteiger partial charge is 0.227 e. The third-order valence-corrected chi connectivity index (χ3v) is 6.23. The topological polar surface area (TPSA) is 112 Å². The van der Waals surface area contributed by atoms with E-state index in [9.17, 15) is 15.0 Å². The van der Waals surface area contributed by atoms with Crippen molar-refractivity contribution in [3.8, 4) is 5.75 Å². The number of nitrogens with two attached hydrogens (primary N) is 1. The number of aromatic hydroxyl groups is 1. The van der Waals surface area contributed by atoms with Gasteiger partial charge >= 0.3 is 0 Å². The number of anilines is 1. The highest BCUT2D eigenvalue weighted by atomic mass is 35.5. The van der Waals surface area contributed by atoms with Crippen molar-refractivity contribution in [1.29, 1.82) is 0 Å². The second-order valence-corrected chi connectivity index (χ2v) is 10.1. The Bertz CT molecular complexity index is 1150. The molecule has 0 aliphatic rings. The number of aliphatic hydroxyl groups excluding tert-OH is 1. The summed E-state index contributed by atoms with van der Waals surface area (Å²) in [5.74, 6) is 0.512. The SMILES string of the molecule is CCN(Cc1cc(O)cc(Cl)c1)C(=O)Cc1cccc(CC(C)(C)NC[C@@H](O)c2ccc(N)nc2)c1. The van der Waals surface area contributed by atoms with Crippen molar-refractivity contribution in [3.63, 3.8) is 0 Å². The van der Waals surface area contributed by atoms with Gasteiger partial charge in [-0.2, -0.15) is 0 Å². The number of carbonyl (C=O) groups excluding carboxylic acids is 1. The van der Waals surface area contributed by atoms with Crippen LogP contribution in [-0.2, 0) is 24.2 Å². The zero-order valence-corrected chi connectivity index (χ0v) is 21.8. The van der Waals surface area contributed by atoms with Crippen molar-refractivity contribution >= 4 is 23.3 Å². The van der Waals surface area contributed by atoms with E-state index < -0.39 is 6.10 Å². The molecule has 0 bridgehead atoms. The highest BCUT2D eigenvalue weighted by molar-refractivity contribution is 6.30. The lowest BCUT2D eigenvalue weighted by atomic mass is 9.93. The highest BCUT2D eigenvalue weighted by Gasteiger charge is 2.21. The number of rotatable bonds is 11. The van der Waals surface area contributed by atoms with E-state index in [2.05, 4.69) is 30.2 Å². The van der Waals surface area contributed by atoms with Gasteiger partial charge in [0.1, 0.15) is 11.6 Å². The molecule has 1 aromatic heterocycles. The maximum atomic E-state index is 13.0. The number of aliphatic hydroxyl groups is 1. The van der Waals surface area contributed by atoms with Crippen molar-refractivity contribution in [1.82, 2.24) is 15.2 Å². The zero-order chi connectivity index (χ0) is 26.3. The fraction of sp³-hybridized carbons (Fsp3) is 0.357. The lowest BCUT2D eigenvalue weighted by Gasteiger charge is -2.28. The summed E-state index contributed by atoms with van der Waals surface area (Å²) in [6.45, 7) is 7.40. The van der Waals surface area contributed by atoms with Gasteiger partial charge in [-0.25, -0.2) is 4.98 Å². The van der Waals surface area contributed by atoms with E-state index in [1.807, 2.05) is 25.1 Å². The maximum Gasteiger partial charge on any atom is 0.227 e. The van der Waals surface area contributed by atoms with Gasteiger partial charge in [0.15, 0.2) is 0 Å². The molecule has 1 heterocycles. The van der Waals surface area contributed by atoms with Crippen LogP contribution in [0.15, 0.2) is 60.8 Å². The number of nitrogens with zero attached hydrogens (tertiary/aromatic N) is 2. The minimum absolute atomic E-state index is 0.00623. The molecule has 0 saturated carbocycles. The molecule has 2 aromatic carbocycles. The van der Waals surface area contributed by atoms with E-state index >= 15 is 0 Å². The Morgan fingerprint density at radius 2 is 1.89 bits per heavy atom. The van der Waals surface area contributed by atoms with Crippen LogP contribution in [0.3, 0.4) is 0 Å². The molecule has 0 saturated heterocycles. The number of pyridine rings is 1. The van der Waals surface area contributed by atoms with E-state index in [4.69, 9.17) is 17.3 Å². The molecule has 0 radical (unpaired) electrons. The Labute approximate surface area is 217 Å². The van der Waals surface area contributed by atoms with Crippen LogP contribution < -0.4 is 11.1 Å². The Kier molecular flexibility index (Phi) is 9.31. The molecule has 36 heavy (non-hydrogen) atoms. The van der Waals surface area contributed by atoms with E-state index in [1.54, 1.807) is 35.4 Å². The number of carbonyl (C=O) groups is 1. The number of hydrogen-bond donors (Lipinski definition) is 4. The second-order valence-electron chi connectivity index (χ2n) is 9.70. The predicted molar refractivity (Wildman–Crippen MR) is 144 cm³/mol. The highest BCUT2D eigenvalue weighted by Crippen LogP contribution is 2.22. The van der Waals surface area contributed by atoms with Crippen LogP contribution in [0.4, 0.5) is 5.82 Å². The van der Waals surface area contributed by atoms with Crippen LogP contribution in [0.1, 0.15) is 49.1 Å².